The van der Waals surface area contributed by atoms with Crippen molar-refractivity contribution in [3.8, 4) is 0 Å². The third-order valence-electron chi connectivity index (χ3n) is 3.88. The molecule has 0 bridgehead atoms. The van der Waals surface area contributed by atoms with Gasteiger partial charge in [0.2, 0.25) is 0 Å². The van der Waals surface area contributed by atoms with Gasteiger partial charge in [-0.15, -0.1) is 11.8 Å². The number of benzene rings is 1. The van der Waals surface area contributed by atoms with E-state index in [9.17, 15) is 4.79 Å². The molecule has 3 nitrogen and oxygen atoms in total. The van der Waals surface area contributed by atoms with Crippen molar-refractivity contribution < 1.29 is 4.79 Å². The monoisotopic (exact) mass is 340 g/mol. The summed E-state index contributed by atoms with van der Waals surface area (Å²) in [6.45, 7) is 2.89. The van der Waals surface area contributed by atoms with Crippen LogP contribution in [-0.2, 0) is 0 Å². The molecule has 0 aromatic heterocycles. The first-order valence-corrected chi connectivity index (χ1v) is 8.41. The molecule has 3 rings (SSSR count). The van der Waals surface area contributed by atoms with Crippen molar-refractivity contribution in [2.45, 2.75) is 17.7 Å². The molecule has 2 aliphatic rings. The van der Waals surface area contributed by atoms with Crippen molar-refractivity contribution in [2.75, 3.05) is 25.4 Å². The Morgan fingerprint density at radius 3 is 2.89 bits per heavy atom. The molecule has 5 heteroatoms. The number of carbonyl (C=O) groups excluding carboxylic acids is 1. The molecule has 2 saturated heterocycles. The standard InChI is InChI=1S/C14H17BrN2OS/c15-12-3-1-2-11(10-12)13(18)17-8-9-19-14(17)4-6-16-7-5-14/h1-3,10,16H,4-9H2. The van der Waals surface area contributed by atoms with Gasteiger partial charge in [0.25, 0.3) is 5.91 Å². The van der Waals surface area contributed by atoms with Crippen LogP contribution in [0.5, 0.6) is 0 Å². The zero-order valence-electron chi connectivity index (χ0n) is 10.7. The minimum atomic E-state index is 0.0324. The van der Waals surface area contributed by atoms with Crippen molar-refractivity contribution in [2.24, 2.45) is 0 Å². The number of halogens is 1. The second-order valence-electron chi connectivity index (χ2n) is 5.01. The Kier molecular flexibility index (Phi) is 3.87. The van der Waals surface area contributed by atoms with E-state index in [1.807, 2.05) is 36.0 Å². The smallest absolute Gasteiger partial charge is 0.255 e. The van der Waals surface area contributed by atoms with Crippen molar-refractivity contribution >= 4 is 33.6 Å². The molecule has 2 fully saturated rings. The predicted octanol–water partition coefficient (Wildman–Crippen LogP) is 2.72. The Balaban J connectivity index is 1.86. The van der Waals surface area contributed by atoms with Crippen molar-refractivity contribution in [3.05, 3.63) is 34.3 Å². The number of amides is 1. The van der Waals surface area contributed by atoms with Crippen molar-refractivity contribution in [3.63, 3.8) is 0 Å². The second kappa shape index (κ2) is 5.46. The lowest BCUT2D eigenvalue weighted by Gasteiger charge is -2.40. The maximum absolute atomic E-state index is 12.7. The Morgan fingerprint density at radius 1 is 1.37 bits per heavy atom. The van der Waals surface area contributed by atoms with Crippen LogP contribution in [0.1, 0.15) is 23.2 Å². The Hall–Kier alpha value is -0.520. The van der Waals surface area contributed by atoms with E-state index in [1.165, 1.54) is 0 Å². The number of carbonyl (C=O) groups is 1. The molecule has 2 heterocycles. The van der Waals surface area contributed by atoms with Crippen LogP contribution in [0, 0.1) is 0 Å². The van der Waals surface area contributed by atoms with Crippen LogP contribution >= 0.6 is 27.7 Å². The molecule has 1 aromatic carbocycles. The Labute approximate surface area is 126 Å². The van der Waals surface area contributed by atoms with E-state index >= 15 is 0 Å². The normalized spacial score (nSPS) is 21.8. The molecule has 0 radical (unpaired) electrons. The van der Waals surface area contributed by atoms with E-state index in [0.717, 1.165) is 48.3 Å². The van der Waals surface area contributed by atoms with E-state index in [2.05, 4.69) is 26.1 Å². The second-order valence-corrected chi connectivity index (χ2v) is 7.38. The number of thioether (sulfide) groups is 1. The van der Waals surface area contributed by atoms with Crippen LogP contribution in [0.3, 0.4) is 0 Å². The summed E-state index contributed by atoms with van der Waals surface area (Å²) in [4.78, 5) is 14.9. The molecular formula is C14H17BrN2OS. The number of rotatable bonds is 1. The summed E-state index contributed by atoms with van der Waals surface area (Å²) in [7, 11) is 0. The van der Waals surface area contributed by atoms with Gasteiger partial charge in [0.1, 0.15) is 0 Å². The lowest BCUT2D eigenvalue weighted by molar-refractivity contribution is 0.0635. The molecule has 0 atom stereocenters. The molecule has 1 aromatic rings. The number of piperidine rings is 1. The molecule has 1 spiro atoms. The van der Waals surface area contributed by atoms with Crippen molar-refractivity contribution in [1.82, 2.24) is 10.2 Å². The number of nitrogens with zero attached hydrogens (tertiary/aromatic N) is 1. The highest BCUT2D eigenvalue weighted by molar-refractivity contribution is 9.10. The summed E-state index contributed by atoms with van der Waals surface area (Å²) in [6, 6.07) is 7.70. The summed E-state index contributed by atoms with van der Waals surface area (Å²) >= 11 is 5.39. The van der Waals surface area contributed by atoms with Crippen LogP contribution in [0.25, 0.3) is 0 Å². The van der Waals surface area contributed by atoms with Gasteiger partial charge in [-0.1, -0.05) is 22.0 Å². The molecule has 102 valence electrons. The summed E-state index contributed by atoms with van der Waals surface area (Å²) in [5, 5.41) is 3.39. The number of nitrogens with one attached hydrogen (secondary N) is 1. The number of hydrogen-bond acceptors (Lipinski definition) is 3. The largest absolute Gasteiger partial charge is 0.323 e. The average molecular weight is 341 g/mol. The van der Waals surface area contributed by atoms with Crippen LogP contribution in [-0.4, -0.2) is 41.1 Å². The molecule has 19 heavy (non-hydrogen) atoms. The SMILES string of the molecule is O=C(c1cccc(Br)c1)N1CCSC12CCNCC2. The molecule has 1 amide bonds. The van der Waals surface area contributed by atoms with Crippen molar-refractivity contribution in [1.29, 1.82) is 0 Å². The fourth-order valence-corrected chi connectivity index (χ4v) is 4.78. The summed E-state index contributed by atoms with van der Waals surface area (Å²) in [6.07, 6.45) is 2.11. The highest BCUT2D eigenvalue weighted by Gasteiger charge is 2.45. The summed E-state index contributed by atoms with van der Waals surface area (Å²) < 4.78 is 0.963. The van der Waals surface area contributed by atoms with E-state index in [-0.39, 0.29) is 10.8 Å². The van der Waals surface area contributed by atoms with E-state index in [0.29, 0.717) is 0 Å². The molecule has 1 N–H and O–H groups in total. The molecule has 0 aliphatic carbocycles. The Morgan fingerprint density at radius 2 is 2.16 bits per heavy atom. The maximum Gasteiger partial charge on any atom is 0.255 e. The topological polar surface area (TPSA) is 32.3 Å². The van der Waals surface area contributed by atoms with Gasteiger partial charge in [-0.3, -0.25) is 4.79 Å². The fourth-order valence-electron chi connectivity index (χ4n) is 2.90. The third kappa shape index (κ3) is 2.56. The zero-order valence-corrected chi connectivity index (χ0v) is 13.1. The first kappa shape index (κ1) is 13.5. The molecule has 0 unspecified atom stereocenters. The van der Waals surface area contributed by atoms with Gasteiger partial charge in [0.05, 0.1) is 4.87 Å². The van der Waals surface area contributed by atoms with Crippen LogP contribution < -0.4 is 5.32 Å². The van der Waals surface area contributed by atoms with E-state index in [1.54, 1.807) is 0 Å². The van der Waals surface area contributed by atoms with Gasteiger partial charge in [-0.05, 0) is 44.1 Å². The lowest BCUT2D eigenvalue weighted by atomic mass is 10.0. The van der Waals surface area contributed by atoms with Gasteiger partial charge >= 0.3 is 0 Å². The van der Waals surface area contributed by atoms with Gasteiger partial charge in [0.15, 0.2) is 0 Å². The highest BCUT2D eigenvalue weighted by Crippen LogP contribution is 2.43. The quantitative estimate of drug-likeness (QED) is 0.853. The zero-order chi connectivity index (χ0) is 13.3. The van der Waals surface area contributed by atoms with Gasteiger partial charge < -0.3 is 10.2 Å². The molecule has 0 saturated carbocycles. The maximum atomic E-state index is 12.7. The fraction of sp³-hybridized carbons (Fsp3) is 0.500. The Bertz CT molecular complexity index is 488. The summed E-state index contributed by atoms with van der Waals surface area (Å²) in [5.41, 5.74) is 0.787. The summed E-state index contributed by atoms with van der Waals surface area (Å²) in [5.74, 6) is 1.23. The molecule has 2 aliphatic heterocycles. The van der Waals surface area contributed by atoms with Gasteiger partial charge in [-0.25, -0.2) is 0 Å². The minimum Gasteiger partial charge on any atom is -0.323 e. The number of hydrogen-bond donors (Lipinski definition) is 1. The van der Waals surface area contributed by atoms with E-state index in [4.69, 9.17) is 0 Å². The lowest BCUT2D eigenvalue weighted by Crippen LogP contribution is -2.51. The average Bonchev–Trinajstić information content (AvgIpc) is 2.82. The van der Waals surface area contributed by atoms with Crippen LogP contribution in [0.15, 0.2) is 28.7 Å². The third-order valence-corrected chi connectivity index (χ3v) is 5.93. The van der Waals surface area contributed by atoms with Crippen LogP contribution in [0.2, 0.25) is 0 Å². The first-order chi connectivity index (χ1) is 9.21. The predicted molar refractivity (Wildman–Crippen MR) is 82.5 cm³/mol. The van der Waals surface area contributed by atoms with Crippen LogP contribution in [0.4, 0.5) is 0 Å². The van der Waals surface area contributed by atoms with Gasteiger partial charge in [0, 0.05) is 22.3 Å². The highest BCUT2D eigenvalue weighted by atomic mass is 79.9. The minimum absolute atomic E-state index is 0.0324. The molecular weight excluding hydrogens is 324 g/mol. The first-order valence-electron chi connectivity index (χ1n) is 6.63. The van der Waals surface area contributed by atoms with Gasteiger partial charge in [-0.2, -0.15) is 0 Å². The van der Waals surface area contributed by atoms with E-state index < -0.39 is 0 Å².